The van der Waals surface area contributed by atoms with Gasteiger partial charge in [-0.05, 0) is 37.3 Å². The summed E-state index contributed by atoms with van der Waals surface area (Å²) in [5.41, 5.74) is 7.48. The highest BCUT2D eigenvalue weighted by molar-refractivity contribution is 9.10. The summed E-state index contributed by atoms with van der Waals surface area (Å²) in [6, 6.07) is 11.9. The van der Waals surface area contributed by atoms with E-state index in [9.17, 15) is 9.59 Å². The molecule has 2 aromatic carbocycles. The van der Waals surface area contributed by atoms with E-state index in [0.29, 0.717) is 22.5 Å². The lowest BCUT2D eigenvalue weighted by Gasteiger charge is -2.10. The average Bonchev–Trinajstić information content (AvgIpc) is 2.41. The van der Waals surface area contributed by atoms with Crippen LogP contribution in [0, 0.1) is 0 Å². The van der Waals surface area contributed by atoms with Gasteiger partial charge in [0.2, 0.25) is 0 Å². The first-order chi connectivity index (χ1) is 9.49. The van der Waals surface area contributed by atoms with Crippen molar-refractivity contribution in [1.29, 1.82) is 0 Å². The zero-order valence-corrected chi connectivity index (χ0v) is 12.4. The molecule has 0 saturated carbocycles. The molecule has 0 radical (unpaired) electrons. The van der Waals surface area contributed by atoms with Gasteiger partial charge in [-0.3, -0.25) is 9.59 Å². The smallest absolute Gasteiger partial charge is 0.257 e. The molecule has 0 aliphatic heterocycles. The largest absolute Gasteiger partial charge is 0.398 e. The van der Waals surface area contributed by atoms with Crippen LogP contribution in [0.1, 0.15) is 27.6 Å². The maximum atomic E-state index is 12.2. The van der Waals surface area contributed by atoms with Crippen LogP contribution in [0.2, 0.25) is 0 Å². The normalized spacial score (nSPS) is 10.1. The first-order valence-electron chi connectivity index (χ1n) is 5.95. The van der Waals surface area contributed by atoms with Crippen LogP contribution in [0.3, 0.4) is 0 Å². The van der Waals surface area contributed by atoms with Gasteiger partial charge in [-0.15, -0.1) is 0 Å². The van der Waals surface area contributed by atoms with Crippen LogP contribution >= 0.6 is 15.9 Å². The Bertz CT molecular complexity index is 683. The molecule has 0 unspecified atom stereocenters. The minimum atomic E-state index is -0.350. The van der Waals surface area contributed by atoms with Gasteiger partial charge in [0.1, 0.15) is 0 Å². The minimum absolute atomic E-state index is 0.108. The van der Waals surface area contributed by atoms with Crippen molar-refractivity contribution < 1.29 is 9.59 Å². The van der Waals surface area contributed by atoms with Gasteiger partial charge in [-0.25, -0.2) is 0 Å². The molecule has 0 fully saturated rings. The van der Waals surface area contributed by atoms with E-state index in [1.165, 1.54) is 6.92 Å². The molecular weight excluding hydrogens is 320 g/mol. The predicted molar refractivity (Wildman–Crippen MR) is 83.0 cm³/mol. The third-order valence-electron chi connectivity index (χ3n) is 2.81. The van der Waals surface area contributed by atoms with Gasteiger partial charge in [-0.1, -0.05) is 28.1 Å². The summed E-state index contributed by atoms with van der Waals surface area (Å²) >= 11 is 3.30. The number of halogens is 1. The molecule has 20 heavy (non-hydrogen) atoms. The quantitative estimate of drug-likeness (QED) is 0.667. The Morgan fingerprint density at radius 1 is 1.10 bits per heavy atom. The molecule has 0 aromatic heterocycles. The van der Waals surface area contributed by atoms with Crippen molar-refractivity contribution in [2.24, 2.45) is 0 Å². The number of carbonyl (C=O) groups excluding carboxylic acids is 2. The SMILES string of the molecule is CC(=O)c1ccccc1NC(=O)c1cc(Br)ccc1N. The first kappa shape index (κ1) is 14.3. The molecule has 102 valence electrons. The van der Waals surface area contributed by atoms with Crippen molar-refractivity contribution in [3.63, 3.8) is 0 Å². The van der Waals surface area contributed by atoms with Crippen LogP contribution in [-0.2, 0) is 0 Å². The zero-order chi connectivity index (χ0) is 14.7. The first-order valence-corrected chi connectivity index (χ1v) is 6.74. The molecular formula is C15H13BrN2O2. The van der Waals surface area contributed by atoms with Gasteiger partial charge in [0.25, 0.3) is 5.91 Å². The summed E-state index contributed by atoms with van der Waals surface area (Å²) in [6.45, 7) is 1.46. The number of hydrogen-bond donors (Lipinski definition) is 2. The fourth-order valence-electron chi connectivity index (χ4n) is 1.81. The number of benzene rings is 2. The Balaban J connectivity index is 2.33. The molecule has 0 aliphatic carbocycles. The number of para-hydroxylation sites is 1. The van der Waals surface area contributed by atoms with Crippen LogP contribution in [0.5, 0.6) is 0 Å². The van der Waals surface area contributed by atoms with Gasteiger partial charge < -0.3 is 11.1 Å². The molecule has 0 heterocycles. The highest BCUT2D eigenvalue weighted by Crippen LogP contribution is 2.21. The Hall–Kier alpha value is -2.14. The lowest BCUT2D eigenvalue weighted by atomic mass is 10.1. The molecule has 2 aromatic rings. The monoisotopic (exact) mass is 332 g/mol. The van der Waals surface area contributed by atoms with E-state index in [0.717, 1.165) is 4.47 Å². The molecule has 5 heteroatoms. The Morgan fingerprint density at radius 3 is 2.50 bits per heavy atom. The summed E-state index contributed by atoms with van der Waals surface area (Å²) in [5, 5.41) is 2.72. The highest BCUT2D eigenvalue weighted by Gasteiger charge is 2.13. The van der Waals surface area contributed by atoms with Gasteiger partial charge in [0, 0.05) is 15.7 Å². The number of ketones is 1. The second-order valence-corrected chi connectivity index (χ2v) is 5.20. The number of anilines is 2. The Kier molecular flexibility index (Phi) is 4.20. The van der Waals surface area contributed by atoms with Crippen molar-refractivity contribution in [1.82, 2.24) is 0 Å². The van der Waals surface area contributed by atoms with Crippen LogP contribution < -0.4 is 11.1 Å². The Morgan fingerprint density at radius 2 is 1.80 bits per heavy atom. The van der Waals surface area contributed by atoms with Crippen LogP contribution in [0.25, 0.3) is 0 Å². The van der Waals surface area contributed by atoms with E-state index < -0.39 is 0 Å². The second-order valence-electron chi connectivity index (χ2n) is 4.29. The molecule has 2 rings (SSSR count). The number of hydrogen-bond acceptors (Lipinski definition) is 3. The van der Waals surface area contributed by atoms with Crippen LogP contribution in [0.15, 0.2) is 46.9 Å². The molecule has 4 nitrogen and oxygen atoms in total. The summed E-state index contributed by atoms with van der Waals surface area (Å²) in [5.74, 6) is -0.458. The standard InChI is InChI=1S/C15H13BrN2O2/c1-9(19)11-4-2-3-5-14(11)18-15(20)12-8-10(16)6-7-13(12)17/h2-8H,17H2,1H3,(H,18,20). The van der Waals surface area contributed by atoms with Crippen molar-refractivity contribution in [3.8, 4) is 0 Å². The number of amides is 1. The zero-order valence-electron chi connectivity index (χ0n) is 10.8. The van der Waals surface area contributed by atoms with Crippen LogP contribution in [-0.4, -0.2) is 11.7 Å². The van der Waals surface area contributed by atoms with Crippen molar-refractivity contribution >= 4 is 39.0 Å². The maximum absolute atomic E-state index is 12.2. The number of nitrogens with two attached hydrogens (primary N) is 1. The third kappa shape index (κ3) is 3.05. The van der Waals surface area contributed by atoms with E-state index in [1.807, 2.05) is 0 Å². The lowest BCUT2D eigenvalue weighted by molar-refractivity contribution is 0.101. The van der Waals surface area contributed by atoms with Crippen molar-refractivity contribution in [2.45, 2.75) is 6.92 Å². The summed E-state index contributed by atoms with van der Waals surface area (Å²) in [4.78, 5) is 23.8. The van der Waals surface area contributed by atoms with E-state index in [1.54, 1.807) is 42.5 Å². The van der Waals surface area contributed by atoms with Gasteiger partial charge >= 0.3 is 0 Å². The molecule has 0 spiro atoms. The molecule has 3 N–H and O–H groups in total. The van der Waals surface area contributed by atoms with Gasteiger partial charge in [0.15, 0.2) is 5.78 Å². The van der Waals surface area contributed by atoms with Crippen LogP contribution in [0.4, 0.5) is 11.4 Å². The van der Waals surface area contributed by atoms with E-state index in [2.05, 4.69) is 21.2 Å². The van der Waals surface area contributed by atoms with E-state index in [-0.39, 0.29) is 11.7 Å². The topological polar surface area (TPSA) is 72.2 Å². The number of nitrogen functional groups attached to an aromatic ring is 1. The van der Waals surface area contributed by atoms with Crippen molar-refractivity contribution in [2.75, 3.05) is 11.1 Å². The number of rotatable bonds is 3. The summed E-state index contributed by atoms with van der Waals surface area (Å²) in [6.07, 6.45) is 0. The molecule has 0 saturated heterocycles. The summed E-state index contributed by atoms with van der Waals surface area (Å²) in [7, 11) is 0. The second kappa shape index (κ2) is 5.88. The van der Waals surface area contributed by atoms with Gasteiger partial charge in [0.05, 0.1) is 11.3 Å². The molecule has 0 atom stereocenters. The van der Waals surface area contributed by atoms with Gasteiger partial charge in [-0.2, -0.15) is 0 Å². The fraction of sp³-hybridized carbons (Fsp3) is 0.0667. The number of nitrogens with one attached hydrogen (secondary N) is 1. The lowest BCUT2D eigenvalue weighted by Crippen LogP contribution is -2.16. The minimum Gasteiger partial charge on any atom is -0.398 e. The fourth-order valence-corrected chi connectivity index (χ4v) is 2.17. The van der Waals surface area contributed by atoms with E-state index in [4.69, 9.17) is 5.73 Å². The number of Topliss-reactive ketones (excluding diaryl/α,β-unsaturated/α-hetero) is 1. The predicted octanol–water partition coefficient (Wildman–Crippen LogP) is 3.49. The molecule has 0 bridgehead atoms. The number of carbonyl (C=O) groups is 2. The maximum Gasteiger partial charge on any atom is 0.257 e. The summed E-state index contributed by atoms with van der Waals surface area (Å²) < 4.78 is 0.761. The van der Waals surface area contributed by atoms with Crippen molar-refractivity contribution in [3.05, 3.63) is 58.1 Å². The molecule has 0 aliphatic rings. The van der Waals surface area contributed by atoms with E-state index >= 15 is 0 Å². The molecule has 1 amide bonds. The highest BCUT2D eigenvalue weighted by atomic mass is 79.9. The Labute approximate surface area is 125 Å². The average molecular weight is 333 g/mol. The third-order valence-corrected chi connectivity index (χ3v) is 3.31.